The second-order valence-electron chi connectivity index (χ2n) is 9.64. The summed E-state index contributed by atoms with van der Waals surface area (Å²) in [4.78, 5) is 33.5. The predicted molar refractivity (Wildman–Crippen MR) is 137 cm³/mol. The van der Waals surface area contributed by atoms with E-state index in [4.69, 9.17) is 4.52 Å². The normalized spacial score (nSPS) is 12.8. The number of ketones is 1. The summed E-state index contributed by atoms with van der Waals surface area (Å²) in [6.07, 6.45) is -0.119. The fraction of sp³-hybridized carbons (Fsp3) is 0.296. The molecule has 0 fully saturated rings. The first kappa shape index (κ1) is 24.7. The first-order valence-corrected chi connectivity index (χ1v) is 11.6. The van der Waals surface area contributed by atoms with Crippen molar-refractivity contribution in [1.29, 1.82) is 5.26 Å². The van der Waals surface area contributed by atoms with Crippen molar-refractivity contribution in [2.75, 3.05) is 29.2 Å². The van der Waals surface area contributed by atoms with Gasteiger partial charge in [-0.3, -0.25) is 9.59 Å². The van der Waals surface area contributed by atoms with Gasteiger partial charge in [0.15, 0.2) is 5.78 Å². The molecule has 36 heavy (non-hydrogen) atoms. The van der Waals surface area contributed by atoms with E-state index in [-0.39, 0.29) is 35.5 Å². The van der Waals surface area contributed by atoms with Crippen LogP contribution in [0.2, 0.25) is 0 Å². The van der Waals surface area contributed by atoms with Gasteiger partial charge in [0, 0.05) is 43.6 Å². The van der Waals surface area contributed by atoms with Crippen LogP contribution in [-0.2, 0) is 15.0 Å². The summed E-state index contributed by atoms with van der Waals surface area (Å²) in [6.45, 7) is 5.98. The Labute approximate surface area is 210 Å². The Kier molecular flexibility index (Phi) is 6.62. The van der Waals surface area contributed by atoms with Crippen LogP contribution in [0.15, 0.2) is 64.4 Å². The molecule has 0 spiro atoms. The second-order valence-corrected chi connectivity index (χ2v) is 9.64. The summed E-state index contributed by atoms with van der Waals surface area (Å²) in [5.74, 6) is 0.839. The Hall–Kier alpha value is -4.45. The van der Waals surface area contributed by atoms with Gasteiger partial charge < -0.3 is 19.6 Å². The minimum atomic E-state index is -0.378. The zero-order valence-corrected chi connectivity index (χ0v) is 21.0. The Balaban J connectivity index is 1.38. The lowest BCUT2D eigenvalue weighted by atomic mass is 9.97. The van der Waals surface area contributed by atoms with Crippen molar-refractivity contribution >= 4 is 28.8 Å². The van der Waals surface area contributed by atoms with E-state index in [9.17, 15) is 14.9 Å². The molecular weight excluding hydrogens is 456 g/mol. The van der Waals surface area contributed by atoms with E-state index in [0.717, 1.165) is 16.9 Å². The fourth-order valence-corrected chi connectivity index (χ4v) is 3.98. The van der Waals surface area contributed by atoms with Gasteiger partial charge in [-0.1, -0.05) is 38.1 Å². The SMILES string of the molecule is CN1C(=C(C#N)C(=O)CCC(=O)Nc2ccc(-c3noc(C(C)(C)C)n3)cc2)N(C)c2ccccc21. The Morgan fingerprint density at radius 1 is 1.00 bits per heavy atom. The van der Waals surface area contributed by atoms with E-state index in [1.807, 2.05) is 75.0 Å². The largest absolute Gasteiger partial charge is 0.338 e. The molecule has 2 aromatic carbocycles. The monoisotopic (exact) mass is 484 g/mol. The van der Waals surface area contributed by atoms with Crippen molar-refractivity contribution in [2.45, 2.75) is 39.0 Å². The van der Waals surface area contributed by atoms with Crippen molar-refractivity contribution in [2.24, 2.45) is 0 Å². The van der Waals surface area contributed by atoms with Gasteiger partial charge >= 0.3 is 0 Å². The highest BCUT2D eigenvalue weighted by Gasteiger charge is 2.31. The molecule has 1 aliphatic rings. The number of para-hydroxylation sites is 2. The highest BCUT2D eigenvalue weighted by Crippen LogP contribution is 2.40. The minimum absolute atomic E-state index is 0.0306. The van der Waals surface area contributed by atoms with Crippen LogP contribution in [0.1, 0.15) is 39.5 Å². The number of hydrogen-bond donors (Lipinski definition) is 1. The van der Waals surface area contributed by atoms with Crippen molar-refractivity contribution in [1.82, 2.24) is 10.1 Å². The number of amides is 1. The maximum atomic E-state index is 12.9. The lowest BCUT2D eigenvalue weighted by molar-refractivity contribution is -0.120. The molecule has 2 heterocycles. The van der Waals surface area contributed by atoms with Gasteiger partial charge in [0.05, 0.1) is 11.4 Å². The van der Waals surface area contributed by atoms with Crippen molar-refractivity contribution in [3.63, 3.8) is 0 Å². The van der Waals surface area contributed by atoms with Gasteiger partial charge in [-0.2, -0.15) is 10.2 Å². The smallest absolute Gasteiger partial charge is 0.232 e. The Morgan fingerprint density at radius 3 is 2.14 bits per heavy atom. The topological polar surface area (TPSA) is 115 Å². The fourth-order valence-electron chi connectivity index (χ4n) is 3.98. The lowest BCUT2D eigenvalue weighted by Gasteiger charge is -2.19. The molecule has 0 atom stereocenters. The quantitative estimate of drug-likeness (QED) is 0.397. The Morgan fingerprint density at radius 2 is 1.61 bits per heavy atom. The molecule has 0 bridgehead atoms. The van der Waals surface area contributed by atoms with Gasteiger partial charge in [-0.05, 0) is 36.4 Å². The summed E-state index contributed by atoms with van der Waals surface area (Å²) in [5, 5.41) is 16.6. The number of aromatic nitrogens is 2. The molecule has 0 unspecified atom stereocenters. The summed E-state index contributed by atoms with van der Waals surface area (Å²) in [5.41, 5.74) is 2.95. The summed E-state index contributed by atoms with van der Waals surface area (Å²) in [6, 6.07) is 16.8. The van der Waals surface area contributed by atoms with E-state index in [2.05, 4.69) is 15.5 Å². The third-order valence-corrected chi connectivity index (χ3v) is 5.93. The van der Waals surface area contributed by atoms with E-state index in [0.29, 0.717) is 23.2 Å². The third kappa shape index (κ3) is 4.84. The van der Waals surface area contributed by atoms with E-state index < -0.39 is 0 Å². The standard InChI is InChI=1S/C27H28N6O3/c1-27(2,3)26-30-24(31-36-26)17-10-12-18(13-11-17)29-23(35)15-14-22(34)19(16-28)25-32(4)20-8-6-7-9-21(20)33(25)5/h6-13H,14-15H2,1-5H3,(H,29,35). The first-order valence-electron chi connectivity index (χ1n) is 11.6. The molecule has 1 aliphatic heterocycles. The predicted octanol–water partition coefficient (Wildman–Crippen LogP) is 4.64. The third-order valence-electron chi connectivity index (χ3n) is 5.93. The maximum absolute atomic E-state index is 12.9. The van der Waals surface area contributed by atoms with Crippen molar-refractivity contribution in [3.05, 3.63) is 65.8 Å². The molecule has 0 aliphatic carbocycles. The summed E-state index contributed by atoms with van der Waals surface area (Å²) < 4.78 is 5.33. The van der Waals surface area contributed by atoms with Crippen molar-refractivity contribution in [3.8, 4) is 17.5 Å². The number of nitriles is 1. The van der Waals surface area contributed by atoms with Crippen LogP contribution in [0, 0.1) is 11.3 Å². The molecule has 1 aromatic heterocycles. The van der Waals surface area contributed by atoms with E-state index in [1.54, 1.807) is 24.3 Å². The molecule has 1 N–H and O–H groups in total. The van der Waals surface area contributed by atoms with E-state index in [1.165, 1.54) is 0 Å². The van der Waals surface area contributed by atoms with Crippen molar-refractivity contribution < 1.29 is 14.1 Å². The minimum Gasteiger partial charge on any atom is -0.338 e. The molecule has 9 heteroatoms. The number of fused-ring (bicyclic) bond motifs is 1. The highest BCUT2D eigenvalue weighted by atomic mass is 16.5. The van der Waals surface area contributed by atoms with Crippen LogP contribution in [-0.4, -0.2) is 35.9 Å². The zero-order valence-electron chi connectivity index (χ0n) is 21.0. The second kappa shape index (κ2) is 9.66. The van der Waals surface area contributed by atoms with Gasteiger partial charge in [-0.25, -0.2) is 0 Å². The van der Waals surface area contributed by atoms with E-state index >= 15 is 0 Å². The molecule has 9 nitrogen and oxygen atoms in total. The Bertz CT molecular complexity index is 1340. The number of nitrogens with one attached hydrogen (secondary N) is 1. The average Bonchev–Trinajstić information content (AvgIpc) is 3.44. The molecular formula is C27H28N6O3. The molecule has 0 saturated carbocycles. The van der Waals surface area contributed by atoms with Crippen LogP contribution in [0.25, 0.3) is 11.4 Å². The number of nitrogens with zero attached hydrogens (tertiary/aromatic N) is 5. The zero-order chi connectivity index (χ0) is 26.0. The van der Waals surface area contributed by atoms with Crippen LogP contribution < -0.4 is 15.1 Å². The molecule has 0 saturated heterocycles. The molecule has 3 aromatic rings. The number of hydrogen-bond acceptors (Lipinski definition) is 8. The number of allylic oxidation sites excluding steroid dienone is 1. The first-order chi connectivity index (χ1) is 17.1. The highest BCUT2D eigenvalue weighted by molar-refractivity contribution is 6.04. The number of anilines is 3. The van der Waals surface area contributed by atoms with Gasteiger partial charge in [0.25, 0.3) is 0 Å². The van der Waals surface area contributed by atoms with Crippen LogP contribution >= 0.6 is 0 Å². The number of rotatable bonds is 6. The molecule has 1 amide bonds. The van der Waals surface area contributed by atoms with Gasteiger partial charge in [0.2, 0.25) is 17.6 Å². The van der Waals surface area contributed by atoms with Crippen LogP contribution in [0.3, 0.4) is 0 Å². The van der Waals surface area contributed by atoms with Crippen LogP contribution in [0.5, 0.6) is 0 Å². The number of carbonyl (C=O) groups excluding carboxylic acids is 2. The van der Waals surface area contributed by atoms with Gasteiger partial charge in [0.1, 0.15) is 17.5 Å². The van der Waals surface area contributed by atoms with Gasteiger partial charge in [-0.15, -0.1) is 0 Å². The number of benzene rings is 2. The molecule has 4 rings (SSSR count). The lowest BCUT2D eigenvalue weighted by Crippen LogP contribution is -2.26. The average molecular weight is 485 g/mol. The molecule has 184 valence electrons. The number of carbonyl (C=O) groups is 2. The summed E-state index contributed by atoms with van der Waals surface area (Å²) >= 11 is 0. The summed E-state index contributed by atoms with van der Waals surface area (Å²) in [7, 11) is 3.63. The molecule has 0 radical (unpaired) electrons. The van der Waals surface area contributed by atoms with Crippen LogP contribution in [0.4, 0.5) is 17.1 Å². The maximum Gasteiger partial charge on any atom is 0.232 e. The number of Topliss-reactive ketones (excluding diaryl/α,β-unsaturated/α-hetero) is 1.